The second-order valence-electron chi connectivity index (χ2n) is 6.72. The number of nitrogens with two attached hydrogens (primary N) is 1. The summed E-state index contributed by atoms with van der Waals surface area (Å²) in [5.74, 6) is 1.94. The zero-order chi connectivity index (χ0) is 18.1. The summed E-state index contributed by atoms with van der Waals surface area (Å²) in [7, 11) is 0. The van der Waals surface area contributed by atoms with Gasteiger partial charge in [-0.2, -0.15) is 0 Å². The molecule has 0 unspecified atom stereocenters. The molecular weight excluding hydrogens is 326 g/mol. The summed E-state index contributed by atoms with van der Waals surface area (Å²) >= 11 is 0. The van der Waals surface area contributed by atoms with Crippen molar-refractivity contribution in [2.24, 2.45) is 11.7 Å². The second-order valence-corrected chi connectivity index (χ2v) is 6.72. The largest absolute Gasteiger partial charge is 0.491 e. The highest BCUT2D eigenvalue weighted by Gasteiger charge is 2.12. The third-order valence-corrected chi connectivity index (χ3v) is 4.19. The zero-order valence-electron chi connectivity index (χ0n) is 14.9. The smallest absolute Gasteiger partial charge is 0.187 e. The monoisotopic (exact) mass is 347 g/mol. The number of nitrogens with zero attached hydrogens (tertiary/aromatic N) is 4. The third kappa shape index (κ3) is 2.99. The van der Waals surface area contributed by atoms with Crippen LogP contribution < -0.4 is 10.5 Å². The summed E-state index contributed by atoms with van der Waals surface area (Å²) in [6, 6.07) is 13.9. The molecule has 0 amide bonds. The van der Waals surface area contributed by atoms with Gasteiger partial charge >= 0.3 is 0 Å². The van der Waals surface area contributed by atoms with Gasteiger partial charge in [0, 0.05) is 18.1 Å². The lowest BCUT2D eigenvalue weighted by atomic mass is 10.2. The maximum absolute atomic E-state index is 5.95. The van der Waals surface area contributed by atoms with Crippen LogP contribution in [0.25, 0.3) is 28.1 Å². The Bertz CT molecular complexity index is 1070. The van der Waals surface area contributed by atoms with Gasteiger partial charge in [0.1, 0.15) is 17.0 Å². The van der Waals surface area contributed by atoms with Gasteiger partial charge < -0.3 is 10.5 Å². The first kappa shape index (κ1) is 16.5. The summed E-state index contributed by atoms with van der Waals surface area (Å²) in [6.07, 6.45) is 1.93. The van der Waals surface area contributed by atoms with Gasteiger partial charge in [0.25, 0.3) is 0 Å². The van der Waals surface area contributed by atoms with Gasteiger partial charge in [-0.25, -0.2) is 4.98 Å². The van der Waals surface area contributed by atoms with Gasteiger partial charge in [-0.1, -0.05) is 32.0 Å². The number of aromatic nitrogens is 4. The Morgan fingerprint density at radius 1 is 1.12 bits per heavy atom. The molecule has 4 aromatic rings. The fourth-order valence-electron chi connectivity index (χ4n) is 2.85. The van der Waals surface area contributed by atoms with Crippen molar-refractivity contribution >= 4 is 16.6 Å². The number of rotatable bonds is 5. The first-order valence-corrected chi connectivity index (χ1v) is 8.72. The van der Waals surface area contributed by atoms with E-state index in [1.165, 1.54) is 0 Å². The van der Waals surface area contributed by atoms with Crippen molar-refractivity contribution in [2.45, 2.75) is 20.4 Å². The summed E-state index contributed by atoms with van der Waals surface area (Å²) in [5, 5.41) is 9.61. The van der Waals surface area contributed by atoms with E-state index in [9.17, 15) is 0 Å². The Hall–Kier alpha value is -2.99. The first-order valence-electron chi connectivity index (χ1n) is 8.72. The molecule has 0 bridgehead atoms. The zero-order valence-corrected chi connectivity index (χ0v) is 14.9. The normalized spacial score (nSPS) is 11.5. The molecule has 4 rings (SSSR count). The Morgan fingerprint density at radius 3 is 2.81 bits per heavy atom. The van der Waals surface area contributed by atoms with Crippen molar-refractivity contribution < 1.29 is 4.74 Å². The van der Waals surface area contributed by atoms with E-state index in [1.807, 2.05) is 53.1 Å². The molecule has 0 saturated heterocycles. The van der Waals surface area contributed by atoms with Gasteiger partial charge in [-0.05, 0) is 35.7 Å². The molecule has 0 saturated carbocycles. The quantitative estimate of drug-likeness (QED) is 0.598. The van der Waals surface area contributed by atoms with Crippen molar-refractivity contribution in [3.8, 4) is 17.3 Å². The van der Waals surface area contributed by atoms with E-state index in [-0.39, 0.29) is 0 Å². The fourth-order valence-corrected chi connectivity index (χ4v) is 2.85. The number of ether oxygens (including phenoxy) is 1. The highest BCUT2D eigenvalue weighted by Crippen LogP contribution is 2.27. The molecule has 1 aromatic carbocycles. The van der Waals surface area contributed by atoms with Gasteiger partial charge in [0.15, 0.2) is 11.5 Å². The van der Waals surface area contributed by atoms with Crippen LogP contribution in [-0.4, -0.2) is 26.2 Å². The summed E-state index contributed by atoms with van der Waals surface area (Å²) in [5.41, 5.74) is 9.07. The lowest BCUT2D eigenvalue weighted by molar-refractivity contribution is 0.273. The van der Waals surface area contributed by atoms with Crippen LogP contribution in [0.2, 0.25) is 0 Å². The summed E-state index contributed by atoms with van der Waals surface area (Å²) < 4.78 is 7.87. The van der Waals surface area contributed by atoms with Crippen molar-refractivity contribution in [3.63, 3.8) is 0 Å². The molecule has 0 aliphatic heterocycles. The number of hydrogen-bond donors (Lipinski definition) is 1. The molecule has 0 spiro atoms. The molecule has 132 valence electrons. The van der Waals surface area contributed by atoms with E-state index in [1.54, 1.807) is 0 Å². The van der Waals surface area contributed by atoms with Crippen LogP contribution in [0.5, 0.6) is 5.75 Å². The van der Waals surface area contributed by atoms with Gasteiger partial charge in [-0.3, -0.25) is 4.40 Å². The molecule has 0 radical (unpaired) electrons. The standard InChI is InChI=1S/C20H21N5O/c1-13(2)12-26-17-5-3-4-15-6-7-16(22-19(15)17)20-24-23-18-10-14(11-21)8-9-25(18)20/h3-10,13H,11-12,21H2,1-2H3. The Labute approximate surface area is 151 Å². The second kappa shape index (κ2) is 6.72. The minimum Gasteiger partial charge on any atom is -0.491 e. The number of benzene rings is 1. The summed E-state index contributed by atoms with van der Waals surface area (Å²) in [4.78, 5) is 4.82. The lowest BCUT2D eigenvalue weighted by Gasteiger charge is -2.11. The minimum atomic E-state index is 0.450. The van der Waals surface area contributed by atoms with E-state index < -0.39 is 0 Å². The van der Waals surface area contributed by atoms with Crippen molar-refractivity contribution in [3.05, 3.63) is 54.2 Å². The predicted molar refractivity (Wildman–Crippen MR) is 102 cm³/mol. The SMILES string of the molecule is CC(C)COc1cccc2ccc(-c3nnc4cc(CN)ccn34)nc12. The molecular formula is C20H21N5O. The highest BCUT2D eigenvalue weighted by molar-refractivity contribution is 5.86. The Balaban J connectivity index is 1.81. The van der Waals surface area contributed by atoms with E-state index >= 15 is 0 Å². The van der Waals surface area contributed by atoms with E-state index in [4.69, 9.17) is 15.5 Å². The number of pyridine rings is 2. The lowest BCUT2D eigenvalue weighted by Crippen LogP contribution is -2.05. The van der Waals surface area contributed by atoms with Crippen LogP contribution in [0.3, 0.4) is 0 Å². The van der Waals surface area contributed by atoms with Gasteiger partial charge in [0.2, 0.25) is 0 Å². The maximum Gasteiger partial charge on any atom is 0.187 e. The Kier molecular flexibility index (Phi) is 4.26. The van der Waals surface area contributed by atoms with Crippen molar-refractivity contribution in [1.29, 1.82) is 0 Å². The third-order valence-electron chi connectivity index (χ3n) is 4.19. The van der Waals surface area contributed by atoms with Crippen LogP contribution in [0.1, 0.15) is 19.4 Å². The van der Waals surface area contributed by atoms with Crippen LogP contribution in [0.4, 0.5) is 0 Å². The Morgan fingerprint density at radius 2 is 2.00 bits per heavy atom. The predicted octanol–water partition coefficient (Wildman–Crippen LogP) is 3.44. The van der Waals surface area contributed by atoms with E-state index in [2.05, 4.69) is 24.0 Å². The fraction of sp³-hybridized carbons (Fsp3) is 0.250. The van der Waals surface area contributed by atoms with E-state index in [0.717, 1.165) is 33.6 Å². The number of para-hydroxylation sites is 1. The molecule has 26 heavy (non-hydrogen) atoms. The van der Waals surface area contributed by atoms with Gasteiger partial charge in [-0.15, -0.1) is 10.2 Å². The van der Waals surface area contributed by atoms with Crippen LogP contribution in [0, 0.1) is 5.92 Å². The minimum absolute atomic E-state index is 0.450. The average molecular weight is 347 g/mol. The molecule has 2 N–H and O–H groups in total. The molecule has 3 heterocycles. The van der Waals surface area contributed by atoms with Crippen molar-refractivity contribution in [2.75, 3.05) is 6.61 Å². The van der Waals surface area contributed by atoms with E-state index in [0.29, 0.717) is 24.9 Å². The molecule has 0 atom stereocenters. The maximum atomic E-state index is 5.95. The molecule has 6 heteroatoms. The number of fused-ring (bicyclic) bond motifs is 2. The summed E-state index contributed by atoms with van der Waals surface area (Å²) in [6.45, 7) is 5.38. The van der Waals surface area contributed by atoms with Gasteiger partial charge in [0.05, 0.1) is 6.61 Å². The average Bonchev–Trinajstić information content (AvgIpc) is 3.08. The molecule has 3 aromatic heterocycles. The molecule has 6 nitrogen and oxygen atoms in total. The van der Waals surface area contributed by atoms with Crippen molar-refractivity contribution in [1.82, 2.24) is 19.6 Å². The number of hydrogen-bond acceptors (Lipinski definition) is 5. The molecule has 0 aliphatic rings. The topological polar surface area (TPSA) is 78.3 Å². The molecule has 0 fully saturated rings. The van der Waals surface area contributed by atoms with Crippen LogP contribution >= 0.6 is 0 Å². The van der Waals surface area contributed by atoms with Crippen LogP contribution in [-0.2, 0) is 6.54 Å². The van der Waals surface area contributed by atoms with Crippen LogP contribution in [0.15, 0.2) is 48.7 Å². The highest BCUT2D eigenvalue weighted by atomic mass is 16.5. The first-order chi connectivity index (χ1) is 12.7. The molecule has 0 aliphatic carbocycles.